The Balaban J connectivity index is 1.63. The number of allylic oxidation sites excluding steroid dienone is 1. The van der Waals surface area contributed by atoms with Gasteiger partial charge in [0.05, 0.1) is 28.8 Å². The van der Waals surface area contributed by atoms with Crippen molar-refractivity contribution in [3.05, 3.63) is 60.2 Å². The lowest BCUT2D eigenvalue weighted by Gasteiger charge is -2.48. The largest absolute Gasteiger partial charge is 0.388 e. The molecule has 0 aromatic heterocycles. The number of nitrogens with one attached hydrogen (secondary N) is 1. The van der Waals surface area contributed by atoms with Crippen molar-refractivity contribution >= 4 is 5.91 Å². The summed E-state index contributed by atoms with van der Waals surface area (Å²) < 4.78 is 6.33. The van der Waals surface area contributed by atoms with Crippen molar-refractivity contribution in [3.8, 4) is 0 Å². The number of aliphatic hydroxyl groups is 2. The number of fused-ring (bicyclic) bond motifs is 2. The van der Waals surface area contributed by atoms with E-state index in [9.17, 15) is 15.0 Å². The van der Waals surface area contributed by atoms with Crippen LogP contribution in [-0.2, 0) is 16.0 Å². The van der Waals surface area contributed by atoms with Crippen LogP contribution in [0.4, 0.5) is 0 Å². The third kappa shape index (κ3) is 3.51. The van der Waals surface area contributed by atoms with Gasteiger partial charge in [-0.1, -0.05) is 68.5 Å². The van der Waals surface area contributed by atoms with Gasteiger partial charge < -0.3 is 20.3 Å². The highest BCUT2D eigenvalue weighted by Gasteiger charge is 2.77. The molecule has 2 aliphatic heterocycles. The van der Waals surface area contributed by atoms with Crippen LogP contribution >= 0.6 is 0 Å². The van der Waals surface area contributed by atoms with E-state index in [1.807, 2.05) is 18.2 Å². The molecule has 1 aromatic carbocycles. The number of epoxide rings is 1. The van der Waals surface area contributed by atoms with Crippen molar-refractivity contribution in [2.45, 2.75) is 76.4 Å². The average molecular weight is 452 g/mol. The van der Waals surface area contributed by atoms with Gasteiger partial charge in [0.15, 0.2) is 0 Å². The first kappa shape index (κ1) is 22.8. The number of carbonyl (C=O) groups is 1. The maximum atomic E-state index is 13.9. The highest BCUT2D eigenvalue weighted by Crippen LogP contribution is 2.66. The molecule has 10 atom stereocenters. The highest BCUT2D eigenvalue weighted by molar-refractivity contribution is 5.88. The van der Waals surface area contributed by atoms with Gasteiger partial charge in [-0.05, 0) is 50.5 Å². The Morgan fingerprint density at radius 2 is 1.88 bits per heavy atom. The molecule has 1 spiro atoms. The average Bonchev–Trinajstić information content (AvgIpc) is 3.37. The van der Waals surface area contributed by atoms with E-state index in [2.05, 4.69) is 50.4 Å². The predicted molar refractivity (Wildman–Crippen MR) is 127 cm³/mol. The topological polar surface area (TPSA) is 82.1 Å². The molecule has 2 heterocycles. The van der Waals surface area contributed by atoms with Gasteiger partial charge in [-0.15, -0.1) is 0 Å². The van der Waals surface area contributed by atoms with Crippen molar-refractivity contribution in [2.75, 3.05) is 0 Å². The van der Waals surface area contributed by atoms with E-state index in [0.717, 1.165) is 6.42 Å². The van der Waals surface area contributed by atoms with Crippen LogP contribution in [0.25, 0.3) is 0 Å². The summed E-state index contributed by atoms with van der Waals surface area (Å²) in [5.41, 5.74) is -1.20. The van der Waals surface area contributed by atoms with Gasteiger partial charge in [0.1, 0.15) is 0 Å². The quantitative estimate of drug-likeness (QED) is 0.475. The number of hydrogen-bond donors (Lipinski definition) is 3. The summed E-state index contributed by atoms with van der Waals surface area (Å²) in [6, 6.07) is 10.1. The van der Waals surface area contributed by atoms with E-state index in [4.69, 9.17) is 4.74 Å². The van der Waals surface area contributed by atoms with Crippen LogP contribution in [-0.4, -0.2) is 45.6 Å². The number of hydrogen-bond acceptors (Lipinski definition) is 4. The number of ether oxygens (including phenoxy) is 1. The monoisotopic (exact) mass is 451 g/mol. The highest BCUT2D eigenvalue weighted by atomic mass is 16.6. The van der Waals surface area contributed by atoms with Crippen LogP contribution in [0, 0.1) is 29.1 Å². The number of aliphatic hydroxyl groups excluding tert-OH is 1. The minimum Gasteiger partial charge on any atom is -0.388 e. The molecule has 4 aliphatic rings. The summed E-state index contributed by atoms with van der Waals surface area (Å²) in [5.74, 6) is -0.0603. The molecule has 3 fully saturated rings. The molecule has 0 radical (unpaired) electrons. The fourth-order valence-corrected chi connectivity index (χ4v) is 7.25. The first-order valence-corrected chi connectivity index (χ1v) is 12.4. The number of carbonyl (C=O) groups excluding carboxylic acids is 1. The maximum Gasteiger partial charge on any atom is 0.230 e. The van der Waals surface area contributed by atoms with Crippen molar-refractivity contribution < 1.29 is 19.7 Å². The van der Waals surface area contributed by atoms with Gasteiger partial charge in [0.25, 0.3) is 0 Å². The number of rotatable bonds is 2. The number of benzene rings is 1. The molecular weight excluding hydrogens is 414 g/mol. The molecule has 10 unspecified atom stereocenters. The second-order valence-electron chi connectivity index (χ2n) is 11.4. The van der Waals surface area contributed by atoms with Gasteiger partial charge in [0.2, 0.25) is 5.91 Å². The Morgan fingerprint density at radius 1 is 1.15 bits per heavy atom. The Labute approximate surface area is 196 Å². The SMILES string of the molecule is CC1C/C=C/C2C3OC3(C)C(C)C3C(Cc4ccccc4)NC(=O)C23C(O)/C=C/C(C)(O)C1. The van der Waals surface area contributed by atoms with E-state index in [0.29, 0.717) is 12.8 Å². The summed E-state index contributed by atoms with van der Waals surface area (Å²) in [5, 5.41) is 25.9. The van der Waals surface area contributed by atoms with Crippen LogP contribution < -0.4 is 5.32 Å². The van der Waals surface area contributed by atoms with Crippen LogP contribution in [0.1, 0.15) is 46.1 Å². The summed E-state index contributed by atoms with van der Waals surface area (Å²) >= 11 is 0. The Kier molecular flexibility index (Phi) is 5.39. The van der Waals surface area contributed by atoms with Crippen molar-refractivity contribution in [2.24, 2.45) is 29.1 Å². The molecule has 5 rings (SSSR count). The summed E-state index contributed by atoms with van der Waals surface area (Å²) in [7, 11) is 0. The minimum absolute atomic E-state index is 0.0902. The first-order valence-electron chi connectivity index (χ1n) is 12.4. The fraction of sp³-hybridized carbons (Fsp3) is 0.607. The molecule has 5 nitrogen and oxygen atoms in total. The lowest BCUT2D eigenvalue weighted by atomic mass is 9.51. The van der Waals surface area contributed by atoms with Gasteiger partial charge in [-0.3, -0.25) is 4.79 Å². The maximum absolute atomic E-state index is 13.9. The fourth-order valence-electron chi connectivity index (χ4n) is 7.25. The van der Waals surface area contributed by atoms with E-state index in [-0.39, 0.29) is 47.3 Å². The molecule has 178 valence electrons. The number of amides is 1. The zero-order valence-corrected chi connectivity index (χ0v) is 20.1. The standard InChI is InChI=1S/C28H37NO4/c1-17-9-8-12-20-24-27(4,33-24)18(2)23-21(15-19-10-6-5-7-11-19)29-25(31)28(20,23)22(30)13-14-26(3,32)16-17/h5-8,10-14,17-18,20-24,30,32H,9,15-16H2,1-4H3,(H,29,31)/b12-8+,14-13+. The van der Waals surface area contributed by atoms with Crippen molar-refractivity contribution in [1.82, 2.24) is 5.32 Å². The zero-order chi connectivity index (χ0) is 23.6. The predicted octanol–water partition coefficient (Wildman–Crippen LogP) is 3.41. The van der Waals surface area contributed by atoms with Crippen molar-refractivity contribution in [1.29, 1.82) is 0 Å². The molecule has 33 heavy (non-hydrogen) atoms. The zero-order valence-electron chi connectivity index (χ0n) is 20.1. The van der Waals surface area contributed by atoms with E-state index in [1.54, 1.807) is 19.1 Å². The normalized spacial score (nSPS) is 50.7. The molecular formula is C28H37NO4. The smallest absolute Gasteiger partial charge is 0.230 e. The Bertz CT molecular complexity index is 971. The van der Waals surface area contributed by atoms with Gasteiger partial charge in [-0.2, -0.15) is 0 Å². The molecule has 2 saturated heterocycles. The van der Waals surface area contributed by atoms with Crippen LogP contribution in [0.15, 0.2) is 54.6 Å². The summed E-state index contributed by atoms with van der Waals surface area (Å²) in [6.45, 7) is 8.23. The van der Waals surface area contributed by atoms with Gasteiger partial charge in [-0.25, -0.2) is 0 Å². The van der Waals surface area contributed by atoms with Crippen LogP contribution in [0.3, 0.4) is 0 Å². The van der Waals surface area contributed by atoms with Crippen LogP contribution in [0.5, 0.6) is 0 Å². The Morgan fingerprint density at radius 3 is 2.61 bits per heavy atom. The Hall–Kier alpha value is -1.95. The van der Waals surface area contributed by atoms with Gasteiger partial charge >= 0.3 is 0 Å². The molecule has 1 amide bonds. The summed E-state index contributed by atoms with van der Waals surface area (Å²) in [4.78, 5) is 13.9. The molecule has 1 saturated carbocycles. The minimum atomic E-state index is -1.04. The van der Waals surface area contributed by atoms with Crippen LogP contribution in [0.2, 0.25) is 0 Å². The van der Waals surface area contributed by atoms with Crippen molar-refractivity contribution in [3.63, 3.8) is 0 Å². The van der Waals surface area contributed by atoms with E-state index >= 15 is 0 Å². The third-order valence-electron chi connectivity index (χ3n) is 8.97. The first-order chi connectivity index (χ1) is 15.6. The second kappa shape index (κ2) is 7.79. The van der Waals surface area contributed by atoms with Gasteiger partial charge in [0, 0.05) is 17.9 Å². The lowest BCUT2D eigenvalue weighted by Crippen LogP contribution is -2.59. The second-order valence-corrected chi connectivity index (χ2v) is 11.4. The molecule has 0 bridgehead atoms. The molecule has 2 aliphatic carbocycles. The lowest BCUT2D eigenvalue weighted by molar-refractivity contribution is -0.142. The molecule has 3 N–H and O–H groups in total. The van der Waals surface area contributed by atoms with E-state index < -0.39 is 17.1 Å². The summed E-state index contributed by atoms with van der Waals surface area (Å²) in [6.07, 6.45) is 8.65. The van der Waals surface area contributed by atoms with E-state index in [1.165, 1.54) is 5.56 Å². The molecule has 1 aromatic rings. The molecule has 5 heteroatoms. The third-order valence-corrected chi connectivity index (χ3v) is 8.97.